The summed E-state index contributed by atoms with van der Waals surface area (Å²) in [5.74, 6) is 0.486. The largest absolute Gasteiger partial charge is 0.434 e. The molecular formula is C13H21F3IN5OS. The lowest BCUT2D eigenvalue weighted by Crippen LogP contribution is -2.40. The minimum absolute atomic E-state index is 0. The number of alkyl halides is 3. The molecule has 0 saturated carbocycles. The van der Waals surface area contributed by atoms with Crippen molar-refractivity contribution in [3.63, 3.8) is 0 Å². The molecule has 0 aliphatic heterocycles. The molecule has 24 heavy (non-hydrogen) atoms. The molecule has 0 spiro atoms. The molecule has 2 N–H and O–H groups in total. The number of aromatic nitrogens is 1. The SMILES string of the molecule is CN=C(NCCC(=O)N(C)C)NCCc1nc(C(F)(F)F)cs1.I. The van der Waals surface area contributed by atoms with Gasteiger partial charge in [0.05, 0.1) is 5.01 Å². The fourth-order valence-corrected chi connectivity index (χ4v) is 2.38. The Kier molecular flexibility index (Phi) is 10.2. The van der Waals surface area contributed by atoms with Gasteiger partial charge in [-0.25, -0.2) is 4.98 Å². The Labute approximate surface area is 159 Å². The number of hydrogen-bond acceptors (Lipinski definition) is 4. The van der Waals surface area contributed by atoms with Crippen molar-refractivity contribution >= 4 is 47.2 Å². The van der Waals surface area contributed by atoms with E-state index >= 15 is 0 Å². The van der Waals surface area contributed by atoms with Crippen LogP contribution in [-0.4, -0.2) is 56.0 Å². The van der Waals surface area contributed by atoms with E-state index in [1.165, 1.54) is 4.90 Å². The van der Waals surface area contributed by atoms with Crippen LogP contribution in [0, 0.1) is 0 Å². The third-order valence-corrected chi connectivity index (χ3v) is 3.74. The summed E-state index contributed by atoms with van der Waals surface area (Å²) in [6, 6.07) is 0. The molecule has 0 aliphatic carbocycles. The highest BCUT2D eigenvalue weighted by Gasteiger charge is 2.33. The first kappa shape index (κ1) is 22.9. The second-order valence-electron chi connectivity index (χ2n) is 4.84. The quantitative estimate of drug-likeness (QED) is 0.372. The van der Waals surface area contributed by atoms with Crippen molar-refractivity contribution in [3.8, 4) is 0 Å². The minimum Gasteiger partial charge on any atom is -0.356 e. The number of hydrogen-bond donors (Lipinski definition) is 2. The predicted molar refractivity (Wildman–Crippen MR) is 98.9 cm³/mol. The van der Waals surface area contributed by atoms with Crippen molar-refractivity contribution < 1.29 is 18.0 Å². The predicted octanol–water partition coefficient (Wildman–Crippen LogP) is 1.97. The van der Waals surface area contributed by atoms with E-state index < -0.39 is 11.9 Å². The van der Waals surface area contributed by atoms with Gasteiger partial charge in [-0.3, -0.25) is 9.79 Å². The van der Waals surface area contributed by atoms with E-state index in [1.807, 2.05) is 0 Å². The average Bonchev–Trinajstić information content (AvgIpc) is 2.94. The van der Waals surface area contributed by atoms with Gasteiger partial charge in [-0.1, -0.05) is 0 Å². The van der Waals surface area contributed by atoms with Crippen LogP contribution in [0.1, 0.15) is 17.1 Å². The third-order valence-electron chi connectivity index (χ3n) is 2.83. The monoisotopic (exact) mass is 479 g/mol. The highest BCUT2D eigenvalue weighted by atomic mass is 127. The van der Waals surface area contributed by atoms with E-state index in [2.05, 4.69) is 20.6 Å². The number of aliphatic imine (C=N–C) groups is 1. The molecule has 0 unspecified atom stereocenters. The number of carbonyl (C=O) groups is 1. The van der Waals surface area contributed by atoms with Crippen LogP contribution in [0.2, 0.25) is 0 Å². The molecule has 1 rings (SSSR count). The van der Waals surface area contributed by atoms with Crippen LogP contribution in [0.15, 0.2) is 10.4 Å². The molecule has 138 valence electrons. The fourth-order valence-electron chi connectivity index (χ4n) is 1.58. The number of halogens is 4. The molecule has 1 aromatic rings. The second-order valence-corrected chi connectivity index (χ2v) is 5.78. The summed E-state index contributed by atoms with van der Waals surface area (Å²) in [4.78, 5) is 20.5. The minimum atomic E-state index is -4.40. The summed E-state index contributed by atoms with van der Waals surface area (Å²) in [6.45, 7) is 0.818. The summed E-state index contributed by atoms with van der Waals surface area (Å²) in [6.07, 6.45) is -3.72. The Morgan fingerprint density at radius 3 is 2.46 bits per heavy atom. The zero-order valence-electron chi connectivity index (χ0n) is 13.6. The molecule has 0 bridgehead atoms. The highest BCUT2D eigenvalue weighted by molar-refractivity contribution is 14.0. The van der Waals surface area contributed by atoms with Gasteiger partial charge in [-0.15, -0.1) is 35.3 Å². The maximum atomic E-state index is 12.4. The first-order chi connectivity index (χ1) is 10.7. The summed E-state index contributed by atoms with van der Waals surface area (Å²) in [5, 5.41) is 7.35. The van der Waals surface area contributed by atoms with Crippen LogP contribution in [0.4, 0.5) is 13.2 Å². The van der Waals surface area contributed by atoms with Crippen LogP contribution in [0.5, 0.6) is 0 Å². The van der Waals surface area contributed by atoms with Crippen LogP contribution in [-0.2, 0) is 17.4 Å². The third kappa shape index (κ3) is 8.13. The van der Waals surface area contributed by atoms with Crippen molar-refractivity contribution in [2.45, 2.75) is 19.0 Å². The number of nitrogens with one attached hydrogen (secondary N) is 2. The molecule has 1 heterocycles. The maximum absolute atomic E-state index is 12.4. The Morgan fingerprint density at radius 1 is 1.33 bits per heavy atom. The Morgan fingerprint density at radius 2 is 1.96 bits per heavy atom. The Balaban J connectivity index is 0.00000529. The van der Waals surface area contributed by atoms with Gasteiger partial charge in [0.25, 0.3) is 0 Å². The number of thiazole rings is 1. The molecule has 0 saturated heterocycles. The first-order valence-corrected chi connectivity index (χ1v) is 7.78. The van der Waals surface area contributed by atoms with E-state index in [9.17, 15) is 18.0 Å². The zero-order chi connectivity index (χ0) is 17.5. The van der Waals surface area contributed by atoms with Gasteiger partial charge < -0.3 is 15.5 Å². The Hall–Kier alpha value is -1.11. The molecule has 6 nitrogen and oxygen atoms in total. The second kappa shape index (κ2) is 10.7. The van der Waals surface area contributed by atoms with Gasteiger partial charge in [0, 0.05) is 52.5 Å². The van der Waals surface area contributed by atoms with Gasteiger partial charge >= 0.3 is 6.18 Å². The maximum Gasteiger partial charge on any atom is 0.434 e. The van der Waals surface area contributed by atoms with E-state index in [0.29, 0.717) is 36.9 Å². The van der Waals surface area contributed by atoms with Crippen molar-refractivity contribution in [1.29, 1.82) is 0 Å². The summed E-state index contributed by atoms with van der Waals surface area (Å²) in [5.41, 5.74) is -0.859. The standard InChI is InChI=1S/C13H20F3N5OS.HI/c1-17-12(19-7-5-11(22)21(2)3)18-6-4-10-20-9(8-23-10)13(14,15)16;/h8H,4-7H2,1-3H3,(H2,17,18,19);1H. The summed E-state index contributed by atoms with van der Waals surface area (Å²) < 4.78 is 37.3. The summed E-state index contributed by atoms with van der Waals surface area (Å²) >= 11 is 0.979. The number of amides is 1. The molecule has 1 amide bonds. The number of guanidine groups is 1. The van der Waals surface area contributed by atoms with E-state index in [1.54, 1.807) is 21.1 Å². The van der Waals surface area contributed by atoms with Crippen molar-refractivity contribution in [3.05, 3.63) is 16.1 Å². The molecule has 0 atom stereocenters. The molecule has 0 radical (unpaired) electrons. The van der Waals surface area contributed by atoms with Gasteiger partial charge in [0.15, 0.2) is 11.7 Å². The lowest BCUT2D eigenvalue weighted by molar-refractivity contribution is -0.140. The molecule has 1 aromatic heterocycles. The number of carbonyl (C=O) groups excluding carboxylic acids is 1. The lowest BCUT2D eigenvalue weighted by Gasteiger charge is -2.13. The van der Waals surface area contributed by atoms with Gasteiger partial charge in [0.1, 0.15) is 0 Å². The van der Waals surface area contributed by atoms with Crippen LogP contribution < -0.4 is 10.6 Å². The van der Waals surface area contributed by atoms with Crippen LogP contribution in [0.3, 0.4) is 0 Å². The van der Waals surface area contributed by atoms with Crippen LogP contribution >= 0.6 is 35.3 Å². The number of nitrogens with zero attached hydrogens (tertiary/aromatic N) is 3. The van der Waals surface area contributed by atoms with Crippen LogP contribution in [0.25, 0.3) is 0 Å². The molecule has 0 aliphatic rings. The molecule has 0 fully saturated rings. The fraction of sp³-hybridized carbons (Fsp3) is 0.615. The topological polar surface area (TPSA) is 69.6 Å². The lowest BCUT2D eigenvalue weighted by atomic mass is 10.4. The molecule has 11 heteroatoms. The van der Waals surface area contributed by atoms with E-state index in [0.717, 1.165) is 16.7 Å². The van der Waals surface area contributed by atoms with Crippen molar-refractivity contribution in [2.24, 2.45) is 4.99 Å². The average molecular weight is 479 g/mol. The van der Waals surface area contributed by atoms with Gasteiger partial charge in [0.2, 0.25) is 5.91 Å². The van der Waals surface area contributed by atoms with Gasteiger partial charge in [-0.05, 0) is 0 Å². The van der Waals surface area contributed by atoms with Crippen molar-refractivity contribution in [2.75, 3.05) is 34.2 Å². The van der Waals surface area contributed by atoms with E-state index in [-0.39, 0.29) is 29.9 Å². The smallest absolute Gasteiger partial charge is 0.356 e. The molecular weight excluding hydrogens is 458 g/mol. The van der Waals surface area contributed by atoms with E-state index in [4.69, 9.17) is 0 Å². The zero-order valence-corrected chi connectivity index (χ0v) is 16.8. The number of rotatable bonds is 6. The normalized spacial score (nSPS) is 11.7. The highest BCUT2D eigenvalue weighted by Crippen LogP contribution is 2.29. The van der Waals surface area contributed by atoms with Gasteiger partial charge in [-0.2, -0.15) is 13.2 Å². The summed E-state index contributed by atoms with van der Waals surface area (Å²) in [7, 11) is 4.94. The van der Waals surface area contributed by atoms with Crippen molar-refractivity contribution in [1.82, 2.24) is 20.5 Å². The Bertz CT molecular complexity index is 548. The first-order valence-electron chi connectivity index (χ1n) is 6.90. The molecule has 0 aromatic carbocycles.